The van der Waals surface area contributed by atoms with Crippen LogP contribution in [0.5, 0.6) is 0 Å². The average molecular weight is 444 g/mol. The van der Waals surface area contributed by atoms with Gasteiger partial charge in [0.2, 0.25) is 15.9 Å². The number of benzene rings is 2. The van der Waals surface area contributed by atoms with E-state index in [2.05, 4.69) is 0 Å². The Morgan fingerprint density at radius 1 is 1.06 bits per heavy atom. The van der Waals surface area contributed by atoms with Gasteiger partial charge in [-0.2, -0.15) is 4.31 Å². The Morgan fingerprint density at radius 2 is 1.77 bits per heavy atom. The van der Waals surface area contributed by atoms with Gasteiger partial charge in [-0.15, -0.1) is 0 Å². The Hall–Kier alpha value is -2.78. The first-order chi connectivity index (χ1) is 14.7. The van der Waals surface area contributed by atoms with Crippen molar-refractivity contribution in [2.45, 2.75) is 38.0 Å². The molecule has 0 atom stereocenters. The monoisotopic (exact) mass is 443 g/mol. The fourth-order valence-electron chi connectivity index (χ4n) is 4.55. The van der Waals surface area contributed by atoms with Crippen molar-refractivity contribution in [3.8, 4) is 0 Å². The second-order valence-electron chi connectivity index (χ2n) is 8.21. The average Bonchev–Trinajstić information content (AvgIpc) is 3.19. The molecule has 0 N–H and O–H groups in total. The fourth-order valence-corrected chi connectivity index (χ4v) is 6.27. The number of piperidine rings is 1. The van der Waals surface area contributed by atoms with E-state index in [1.807, 2.05) is 30.0 Å². The lowest BCUT2D eigenvalue weighted by atomic mass is 9.96. The maximum absolute atomic E-state index is 13.2. The van der Waals surface area contributed by atoms with Gasteiger partial charge in [-0.3, -0.25) is 14.9 Å². The van der Waals surface area contributed by atoms with Crippen LogP contribution in [0.2, 0.25) is 0 Å². The topological polar surface area (TPSA) is 101 Å². The Morgan fingerprint density at radius 3 is 2.45 bits per heavy atom. The molecule has 31 heavy (non-hydrogen) atoms. The number of para-hydroxylation sites is 1. The van der Waals surface area contributed by atoms with Crippen molar-refractivity contribution in [3.63, 3.8) is 0 Å². The third-order valence-corrected chi connectivity index (χ3v) is 8.31. The summed E-state index contributed by atoms with van der Waals surface area (Å²) in [6.45, 7) is 4.72. The molecule has 0 saturated carbocycles. The number of non-ortho nitro benzene ring substituents is 1. The first kappa shape index (κ1) is 21.5. The number of carbonyl (C=O) groups is 1. The Kier molecular flexibility index (Phi) is 5.57. The predicted molar refractivity (Wildman–Crippen MR) is 117 cm³/mol. The SMILES string of the molecule is Cc1ccc([N+](=O)[O-])cc1S(=O)(=O)N1CCC(C(=O)N2CCc3cccc(C)c32)CC1. The summed E-state index contributed by atoms with van der Waals surface area (Å²) in [4.78, 5) is 25.5. The van der Waals surface area contributed by atoms with Gasteiger partial charge in [0.25, 0.3) is 5.69 Å². The van der Waals surface area contributed by atoms with Gasteiger partial charge in [0.05, 0.1) is 9.82 Å². The summed E-state index contributed by atoms with van der Waals surface area (Å²) in [5.74, 6) is -0.181. The molecule has 8 nitrogen and oxygen atoms in total. The van der Waals surface area contributed by atoms with Crippen molar-refractivity contribution in [1.29, 1.82) is 0 Å². The van der Waals surface area contributed by atoms with Gasteiger partial charge in [-0.05, 0) is 49.8 Å². The number of aryl methyl sites for hydroxylation is 2. The number of rotatable bonds is 4. The van der Waals surface area contributed by atoms with Gasteiger partial charge >= 0.3 is 0 Å². The minimum Gasteiger partial charge on any atom is -0.311 e. The van der Waals surface area contributed by atoms with E-state index in [4.69, 9.17) is 0 Å². The summed E-state index contributed by atoms with van der Waals surface area (Å²) in [5, 5.41) is 11.1. The highest BCUT2D eigenvalue weighted by atomic mass is 32.2. The van der Waals surface area contributed by atoms with E-state index in [9.17, 15) is 23.3 Å². The molecule has 0 radical (unpaired) electrons. The molecule has 0 aromatic heterocycles. The number of hydrogen-bond donors (Lipinski definition) is 0. The van der Waals surface area contributed by atoms with E-state index in [0.29, 0.717) is 24.9 Å². The second kappa shape index (κ2) is 8.05. The van der Waals surface area contributed by atoms with Gasteiger partial charge in [0, 0.05) is 43.4 Å². The molecule has 0 aliphatic carbocycles. The van der Waals surface area contributed by atoms with E-state index >= 15 is 0 Å². The van der Waals surface area contributed by atoms with Crippen LogP contribution in [-0.2, 0) is 21.2 Å². The van der Waals surface area contributed by atoms with Gasteiger partial charge in [0.1, 0.15) is 0 Å². The highest BCUT2D eigenvalue weighted by Crippen LogP contribution is 2.35. The van der Waals surface area contributed by atoms with Crippen LogP contribution in [0.25, 0.3) is 0 Å². The summed E-state index contributed by atoms with van der Waals surface area (Å²) in [6.07, 6.45) is 1.70. The normalized spacial score (nSPS) is 17.5. The Bertz CT molecular complexity index is 1150. The van der Waals surface area contributed by atoms with Crippen LogP contribution in [0.3, 0.4) is 0 Å². The Balaban J connectivity index is 1.49. The number of nitro groups is 1. The lowest BCUT2D eigenvalue weighted by Crippen LogP contribution is -2.44. The van der Waals surface area contributed by atoms with Gasteiger partial charge < -0.3 is 4.90 Å². The summed E-state index contributed by atoms with van der Waals surface area (Å²) >= 11 is 0. The number of sulfonamides is 1. The largest absolute Gasteiger partial charge is 0.311 e. The predicted octanol–water partition coefficient (Wildman–Crippen LogP) is 3.20. The molecule has 2 aliphatic heterocycles. The second-order valence-corrected chi connectivity index (χ2v) is 10.1. The molecule has 1 saturated heterocycles. The third kappa shape index (κ3) is 3.83. The van der Waals surface area contributed by atoms with Crippen LogP contribution in [-0.4, -0.2) is 43.2 Å². The van der Waals surface area contributed by atoms with Crippen LogP contribution in [0.4, 0.5) is 11.4 Å². The first-order valence-corrected chi connectivity index (χ1v) is 11.8. The molecule has 0 bridgehead atoms. The maximum Gasteiger partial charge on any atom is 0.270 e. The summed E-state index contributed by atoms with van der Waals surface area (Å²) in [7, 11) is -3.87. The first-order valence-electron chi connectivity index (χ1n) is 10.3. The highest BCUT2D eigenvalue weighted by Gasteiger charge is 2.37. The molecule has 0 spiro atoms. The lowest BCUT2D eigenvalue weighted by molar-refractivity contribution is -0.385. The summed E-state index contributed by atoms with van der Waals surface area (Å²) in [6, 6.07) is 9.92. The molecule has 1 fully saturated rings. The van der Waals surface area contributed by atoms with Crippen molar-refractivity contribution in [2.24, 2.45) is 5.92 Å². The van der Waals surface area contributed by atoms with Crippen molar-refractivity contribution >= 4 is 27.3 Å². The minimum absolute atomic E-state index is 0.0458. The number of nitro benzene ring substituents is 1. The van der Waals surface area contributed by atoms with Crippen molar-refractivity contribution in [3.05, 3.63) is 63.2 Å². The standard InChI is InChI=1S/C22H25N3O5S/c1-15-6-7-19(25(27)28)14-20(15)31(29,30)23-11-8-18(9-12-23)22(26)24-13-10-17-5-3-4-16(2)21(17)24/h3-7,14,18H,8-13H2,1-2H3. The molecule has 164 valence electrons. The Labute approximate surface area is 181 Å². The van der Waals surface area contributed by atoms with Gasteiger partial charge in [0.15, 0.2) is 0 Å². The molecular weight excluding hydrogens is 418 g/mol. The third-order valence-electron chi connectivity index (χ3n) is 6.27. The molecule has 2 aliphatic rings. The van der Waals surface area contributed by atoms with Crippen LogP contribution in [0, 0.1) is 29.9 Å². The molecule has 2 heterocycles. The summed E-state index contributed by atoms with van der Waals surface area (Å²) < 4.78 is 27.6. The fraction of sp³-hybridized carbons (Fsp3) is 0.409. The summed E-state index contributed by atoms with van der Waals surface area (Å²) in [5.41, 5.74) is 3.46. The zero-order valence-corrected chi connectivity index (χ0v) is 18.4. The number of nitrogens with zero attached hydrogens (tertiary/aromatic N) is 3. The molecule has 9 heteroatoms. The molecular formula is C22H25N3O5S. The number of amides is 1. The molecule has 0 unspecified atom stereocenters. The quantitative estimate of drug-likeness (QED) is 0.534. The minimum atomic E-state index is -3.87. The molecule has 1 amide bonds. The van der Waals surface area contributed by atoms with Crippen molar-refractivity contribution in [2.75, 3.05) is 24.5 Å². The van der Waals surface area contributed by atoms with E-state index in [0.717, 1.165) is 23.7 Å². The zero-order chi connectivity index (χ0) is 22.3. The van der Waals surface area contributed by atoms with Crippen LogP contribution in [0.15, 0.2) is 41.3 Å². The van der Waals surface area contributed by atoms with Crippen LogP contribution in [0.1, 0.15) is 29.5 Å². The smallest absolute Gasteiger partial charge is 0.270 e. The molecule has 2 aromatic rings. The van der Waals surface area contributed by atoms with E-state index in [-0.39, 0.29) is 35.5 Å². The number of hydrogen-bond acceptors (Lipinski definition) is 5. The van der Waals surface area contributed by atoms with Crippen molar-refractivity contribution in [1.82, 2.24) is 4.31 Å². The van der Waals surface area contributed by atoms with Crippen LogP contribution < -0.4 is 4.90 Å². The number of carbonyl (C=O) groups excluding carboxylic acids is 1. The van der Waals surface area contributed by atoms with Gasteiger partial charge in [-0.1, -0.05) is 24.3 Å². The molecule has 4 rings (SSSR count). The van der Waals surface area contributed by atoms with E-state index in [1.165, 1.54) is 22.0 Å². The zero-order valence-electron chi connectivity index (χ0n) is 17.6. The van der Waals surface area contributed by atoms with Crippen molar-refractivity contribution < 1.29 is 18.1 Å². The van der Waals surface area contributed by atoms with Gasteiger partial charge in [-0.25, -0.2) is 8.42 Å². The van der Waals surface area contributed by atoms with E-state index in [1.54, 1.807) is 6.92 Å². The number of anilines is 1. The highest BCUT2D eigenvalue weighted by molar-refractivity contribution is 7.89. The lowest BCUT2D eigenvalue weighted by Gasteiger charge is -2.33. The number of fused-ring (bicyclic) bond motifs is 1. The van der Waals surface area contributed by atoms with E-state index < -0.39 is 14.9 Å². The molecule has 2 aromatic carbocycles. The maximum atomic E-state index is 13.2. The van der Waals surface area contributed by atoms with Crippen LogP contribution >= 0.6 is 0 Å².